The summed E-state index contributed by atoms with van der Waals surface area (Å²) in [5.74, 6) is 1.17. The van der Waals surface area contributed by atoms with Gasteiger partial charge >= 0.3 is 6.61 Å². The van der Waals surface area contributed by atoms with Gasteiger partial charge in [-0.2, -0.15) is 8.78 Å². The summed E-state index contributed by atoms with van der Waals surface area (Å²) in [6.45, 7) is -0.710. The highest BCUT2D eigenvalue weighted by molar-refractivity contribution is 7.99. The molecule has 13 heavy (non-hydrogen) atoms. The molecule has 0 aromatic heterocycles. The van der Waals surface area contributed by atoms with Crippen LogP contribution < -0.4 is 4.74 Å². The number of hydrogen-bond donors (Lipinski definition) is 0. The molecule has 0 N–H and O–H groups in total. The Labute approximate surface area is 80.1 Å². The minimum absolute atomic E-state index is 0.204. The van der Waals surface area contributed by atoms with Crippen molar-refractivity contribution in [3.05, 3.63) is 24.3 Å². The molecule has 0 heterocycles. The summed E-state index contributed by atoms with van der Waals surface area (Å²) >= 11 is 1.66. The van der Waals surface area contributed by atoms with E-state index in [1.54, 1.807) is 36.0 Å². The highest BCUT2D eigenvalue weighted by Crippen LogP contribution is 2.21. The normalized spacial score (nSPS) is 10.5. The second kappa shape index (κ2) is 5.07. The molecule has 1 aromatic carbocycles. The molecule has 4 heteroatoms. The van der Waals surface area contributed by atoms with Crippen LogP contribution in [0.15, 0.2) is 29.2 Å². The zero-order chi connectivity index (χ0) is 9.68. The van der Waals surface area contributed by atoms with Crippen LogP contribution in [0.1, 0.15) is 6.92 Å². The number of hydrogen-bond acceptors (Lipinski definition) is 2. The number of halogens is 2. The Balaban J connectivity index is 2.59. The van der Waals surface area contributed by atoms with Gasteiger partial charge in [-0.3, -0.25) is 0 Å². The zero-order valence-electron chi connectivity index (χ0n) is 7.17. The fourth-order valence-electron chi connectivity index (χ4n) is 0.884. The van der Waals surface area contributed by atoms with Gasteiger partial charge in [-0.1, -0.05) is 6.92 Å². The van der Waals surface area contributed by atoms with E-state index >= 15 is 0 Å². The molecule has 0 saturated heterocycles. The van der Waals surface area contributed by atoms with Gasteiger partial charge < -0.3 is 4.74 Å². The van der Waals surface area contributed by atoms with Crippen LogP contribution in [0.2, 0.25) is 0 Å². The lowest BCUT2D eigenvalue weighted by Gasteiger charge is -2.04. The largest absolute Gasteiger partial charge is 0.435 e. The first-order valence-electron chi connectivity index (χ1n) is 3.90. The van der Waals surface area contributed by atoms with Crippen LogP contribution in [0.3, 0.4) is 0 Å². The maximum Gasteiger partial charge on any atom is 0.387 e. The van der Waals surface area contributed by atoms with Crippen molar-refractivity contribution in [1.82, 2.24) is 0 Å². The van der Waals surface area contributed by atoms with Gasteiger partial charge in [0, 0.05) is 4.90 Å². The highest BCUT2D eigenvalue weighted by Gasteiger charge is 2.02. The predicted molar refractivity (Wildman–Crippen MR) is 49.5 cm³/mol. The minimum Gasteiger partial charge on any atom is -0.435 e. The Hall–Kier alpha value is -0.770. The van der Waals surface area contributed by atoms with Crippen molar-refractivity contribution in [3.8, 4) is 5.75 Å². The molecule has 0 bridgehead atoms. The van der Waals surface area contributed by atoms with Crippen LogP contribution in [-0.4, -0.2) is 12.4 Å². The van der Waals surface area contributed by atoms with Crippen LogP contribution >= 0.6 is 11.8 Å². The summed E-state index contributed by atoms with van der Waals surface area (Å²) in [5.41, 5.74) is 0. The third-order valence-electron chi connectivity index (χ3n) is 1.36. The van der Waals surface area contributed by atoms with Crippen molar-refractivity contribution in [2.24, 2.45) is 0 Å². The molecule has 0 spiro atoms. The van der Waals surface area contributed by atoms with E-state index in [1.807, 2.05) is 6.92 Å². The van der Waals surface area contributed by atoms with Gasteiger partial charge in [-0.15, -0.1) is 11.8 Å². The lowest BCUT2D eigenvalue weighted by Crippen LogP contribution is -2.01. The Kier molecular flexibility index (Phi) is 4.02. The molecule has 0 aliphatic heterocycles. The smallest absolute Gasteiger partial charge is 0.387 e. The standard InChI is InChI=1S/C9H10F2OS/c1-2-13-8-5-3-7(4-6-8)12-9(10)11/h3-6,9H,2H2,1H3. The number of alkyl halides is 2. The maximum absolute atomic E-state index is 11.7. The molecule has 0 amide bonds. The highest BCUT2D eigenvalue weighted by atomic mass is 32.2. The molecular weight excluding hydrogens is 194 g/mol. The van der Waals surface area contributed by atoms with E-state index in [0.29, 0.717) is 0 Å². The Morgan fingerprint density at radius 2 is 1.92 bits per heavy atom. The quantitative estimate of drug-likeness (QED) is 0.695. The summed E-state index contributed by atoms with van der Waals surface area (Å²) in [6.07, 6.45) is 0. The van der Waals surface area contributed by atoms with Crippen molar-refractivity contribution in [1.29, 1.82) is 0 Å². The van der Waals surface area contributed by atoms with E-state index < -0.39 is 6.61 Å². The molecule has 0 unspecified atom stereocenters. The molecule has 0 radical (unpaired) electrons. The van der Waals surface area contributed by atoms with Gasteiger partial charge in [0.2, 0.25) is 0 Å². The van der Waals surface area contributed by atoms with E-state index in [4.69, 9.17) is 0 Å². The average Bonchev–Trinajstić information content (AvgIpc) is 2.08. The van der Waals surface area contributed by atoms with Crippen LogP contribution in [0.25, 0.3) is 0 Å². The fourth-order valence-corrected chi connectivity index (χ4v) is 1.55. The summed E-state index contributed by atoms with van der Waals surface area (Å²) in [4.78, 5) is 1.06. The topological polar surface area (TPSA) is 9.23 Å². The van der Waals surface area contributed by atoms with Gasteiger partial charge in [0.1, 0.15) is 5.75 Å². The Bertz CT molecular complexity index is 248. The van der Waals surface area contributed by atoms with Gasteiger partial charge in [-0.25, -0.2) is 0 Å². The Morgan fingerprint density at radius 1 is 1.31 bits per heavy atom. The van der Waals surface area contributed by atoms with Gasteiger partial charge in [-0.05, 0) is 30.0 Å². The molecule has 72 valence electrons. The second-order valence-electron chi connectivity index (χ2n) is 2.28. The molecule has 0 aliphatic rings. The number of thioether (sulfide) groups is 1. The van der Waals surface area contributed by atoms with E-state index in [0.717, 1.165) is 10.6 Å². The van der Waals surface area contributed by atoms with Crippen molar-refractivity contribution in [2.45, 2.75) is 18.4 Å². The summed E-state index contributed by atoms with van der Waals surface area (Å²) in [6, 6.07) is 6.63. The maximum atomic E-state index is 11.7. The molecule has 1 rings (SSSR count). The molecule has 1 aromatic rings. The van der Waals surface area contributed by atoms with E-state index in [9.17, 15) is 8.78 Å². The first-order valence-corrected chi connectivity index (χ1v) is 4.88. The molecule has 0 atom stereocenters. The van der Waals surface area contributed by atoms with Crippen LogP contribution in [0.5, 0.6) is 5.75 Å². The summed E-state index contributed by atoms with van der Waals surface area (Å²) < 4.78 is 27.7. The van der Waals surface area contributed by atoms with Crippen molar-refractivity contribution in [3.63, 3.8) is 0 Å². The van der Waals surface area contributed by atoms with E-state index in [-0.39, 0.29) is 5.75 Å². The Morgan fingerprint density at radius 3 is 2.38 bits per heavy atom. The van der Waals surface area contributed by atoms with E-state index in [2.05, 4.69) is 4.74 Å². The van der Waals surface area contributed by atoms with Crippen molar-refractivity contribution >= 4 is 11.8 Å². The molecule has 0 aliphatic carbocycles. The first kappa shape index (κ1) is 10.3. The van der Waals surface area contributed by atoms with Gasteiger partial charge in [0.15, 0.2) is 0 Å². The lowest BCUT2D eigenvalue weighted by atomic mass is 10.3. The minimum atomic E-state index is -2.75. The number of benzene rings is 1. The van der Waals surface area contributed by atoms with Crippen LogP contribution in [-0.2, 0) is 0 Å². The molecule has 1 nitrogen and oxygen atoms in total. The second-order valence-corrected chi connectivity index (χ2v) is 3.62. The molecular formula is C9H10F2OS. The monoisotopic (exact) mass is 204 g/mol. The summed E-state index contributed by atoms with van der Waals surface area (Å²) in [5, 5.41) is 0. The third-order valence-corrected chi connectivity index (χ3v) is 2.25. The first-order chi connectivity index (χ1) is 6.22. The average molecular weight is 204 g/mol. The van der Waals surface area contributed by atoms with Crippen LogP contribution in [0.4, 0.5) is 8.78 Å². The number of rotatable bonds is 4. The predicted octanol–water partition coefficient (Wildman–Crippen LogP) is 3.40. The SMILES string of the molecule is CCSc1ccc(OC(F)F)cc1. The summed E-state index contributed by atoms with van der Waals surface area (Å²) in [7, 11) is 0. The van der Waals surface area contributed by atoms with E-state index in [1.165, 1.54) is 0 Å². The van der Waals surface area contributed by atoms with Gasteiger partial charge in [0.25, 0.3) is 0 Å². The van der Waals surface area contributed by atoms with Gasteiger partial charge in [0.05, 0.1) is 0 Å². The van der Waals surface area contributed by atoms with Crippen molar-refractivity contribution < 1.29 is 13.5 Å². The number of ether oxygens (including phenoxy) is 1. The lowest BCUT2D eigenvalue weighted by molar-refractivity contribution is -0.0498. The molecule has 0 fully saturated rings. The fraction of sp³-hybridized carbons (Fsp3) is 0.333. The molecule has 0 saturated carbocycles. The third kappa shape index (κ3) is 3.63. The zero-order valence-corrected chi connectivity index (χ0v) is 7.98. The van der Waals surface area contributed by atoms with Crippen LogP contribution in [0, 0.1) is 0 Å². The van der Waals surface area contributed by atoms with Crippen molar-refractivity contribution in [2.75, 3.05) is 5.75 Å².